The van der Waals surface area contributed by atoms with Gasteiger partial charge in [0.15, 0.2) is 10.1 Å². The van der Waals surface area contributed by atoms with Gasteiger partial charge in [-0.05, 0) is 17.2 Å². The van der Waals surface area contributed by atoms with E-state index in [4.69, 9.17) is 0 Å². The van der Waals surface area contributed by atoms with Gasteiger partial charge in [0.25, 0.3) is 0 Å². The van der Waals surface area contributed by atoms with E-state index in [1.54, 1.807) is 6.20 Å². The number of nitrogens with one attached hydrogen (secondary N) is 2. The molecule has 2 aromatic heterocycles. The number of thioether (sulfide) groups is 1. The van der Waals surface area contributed by atoms with Crippen LogP contribution in [0.5, 0.6) is 0 Å². The molecule has 2 N–H and O–H groups in total. The molecule has 5 aromatic rings. The molecule has 1 atom stereocenters. The lowest BCUT2D eigenvalue weighted by Gasteiger charge is -2.14. The van der Waals surface area contributed by atoms with Gasteiger partial charge < -0.3 is 10.3 Å². The Kier molecular flexibility index (Phi) is 6.00. The summed E-state index contributed by atoms with van der Waals surface area (Å²) in [5.74, 6) is 0.0487. The molecule has 5 nitrogen and oxygen atoms in total. The Morgan fingerprint density at radius 3 is 2.47 bits per heavy atom. The number of hydrogen-bond donors (Lipinski definition) is 2. The van der Waals surface area contributed by atoms with Crippen LogP contribution in [-0.4, -0.2) is 21.0 Å². The van der Waals surface area contributed by atoms with E-state index in [-0.39, 0.29) is 5.78 Å². The Labute approximate surface area is 193 Å². The molecule has 0 aliphatic heterocycles. The van der Waals surface area contributed by atoms with Crippen LogP contribution in [-0.2, 0) is 6.54 Å². The molecule has 32 heavy (non-hydrogen) atoms. The van der Waals surface area contributed by atoms with Gasteiger partial charge >= 0.3 is 0 Å². The highest BCUT2D eigenvalue weighted by atomic mass is 32.2. The summed E-state index contributed by atoms with van der Waals surface area (Å²) >= 11 is 2.90. The number of carbonyl (C=O) groups excluding carboxylic acids is 1. The first-order chi connectivity index (χ1) is 15.8. The van der Waals surface area contributed by atoms with Crippen molar-refractivity contribution in [2.24, 2.45) is 0 Å². The van der Waals surface area contributed by atoms with Gasteiger partial charge in [0.2, 0.25) is 5.13 Å². The zero-order valence-corrected chi connectivity index (χ0v) is 18.7. The summed E-state index contributed by atoms with van der Waals surface area (Å²) in [6.45, 7) is 0.677. The van der Waals surface area contributed by atoms with Crippen LogP contribution in [0.25, 0.3) is 10.9 Å². The maximum atomic E-state index is 13.6. The molecule has 0 aliphatic rings. The van der Waals surface area contributed by atoms with Gasteiger partial charge in [-0.3, -0.25) is 4.79 Å². The lowest BCUT2D eigenvalue weighted by atomic mass is 10.0. The molecule has 0 saturated carbocycles. The number of ketones is 1. The second-order valence-corrected chi connectivity index (χ2v) is 9.56. The largest absolute Gasteiger partial charge is 0.360 e. The summed E-state index contributed by atoms with van der Waals surface area (Å²) in [6.07, 6.45) is 1.80. The fourth-order valence-corrected chi connectivity index (χ4v) is 5.53. The van der Waals surface area contributed by atoms with Crippen molar-refractivity contribution >= 4 is 44.9 Å². The Bertz CT molecular complexity index is 1330. The number of H-pyrrole nitrogens is 1. The Morgan fingerprint density at radius 2 is 1.66 bits per heavy atom. The summed E-state index contributed by atoms with van der Waals surface area (Å²) in [7, 11) is 0. The molecular formula is C25H20N4OS2. The summed E-state index contributed by atoms with van der Waals surface area (Å²) in [6, 6.07) is 27.9. The average Bonchev–Trinajstić information content (AvgIpc) is 3.49. The molecule has 158 valence electrons. The summed E-state index contributed by atoms with van der Waals surface area (Å²) in [4.78, 5) is 16.9. The molecule has 0 amide bonds. The second-order valence-electron chi connectivity index (χ2n) is 7.23. The van der Waals surface area contributed by atoms with Crippen LogP contribution < -0.4 is 5.32 Å². The highest BCUT2D eigenvalue weighted by molar-refractivity contribution is 8.02. The normalized spacial score (nSPS) is 12.0. The van der Waals surface area contributed by atoms with E-state index in [1.807, 2.05) is 72.8 Å². The number of hydrogen-bond acceptors (Lipinski definition) is 6. The molecule has 0 radical (unpaired) electrons. The standard InChI is InChI=1S/C25H20N4OS2/c30-22(20-16-26-21-14-8-7-13-19(20)21)23(18-11-5-2-6-12-18)31-25-29-28-24(32-25)27-15-17-9-3-1-4-10-17/h1-14,16,23,26H,15H2,(H,27,28). The molecule has 3 aromatic carbocycles. The third-order valence-electron chi connectivity index (χ3n) is 5.11. The van der Waals surface area contributed by atoms with Crippen molar-refractivity contribution in [2.75, 3.05) is 5.32 Å². The average molecular weight is 457 g/mol. The van der Waals surface area contributed by atoms with Crippen molar-refractivity contribution in [3.63, 3.8) is 0 Å². The number of aromatic amines is 1. The fraction of sp³-hybridized carbons (Fsp3) is 0.0800. The number of anilines is 1. The number of para-hydroxylation sites is 1. The molecule has 0 bridgehead atoms. The number of benzene rings is 3. The molecule has 0 saturated heterocycles. The quantitative estimate of drug-likeness (QED) is 0.210. The van der Waals surface area contributed by atoms with Crippen molar-refractivity contribution in [1.82, 2.24) is 15.2 Å². The Morgan fingerprint density at radius 1 is 0.938 bits per heavy atom. The van der Waals surface area contributed by atoms with E-state index in [0.29, 0.717) is 12.1 Å². The van der Waals surface area contributed by atoms with Crippen molar-refractivity contribution < 1.29 is 4.79 Å². The van der Waals surface area contributed by atoms with Crippen molar-refractivity contribution in [3.8, 4) is 0 Å². The van der Waals surface area contributed by atoms with Crippen LogP contribution in [0.2, 0.25) is 0 Å². The molecular weight excluding hydrogens is 436 g/mol. The predicted molar refractivity (Wildman–Crippen MR) is 131 cm³/mol. The minimum atomic E-state index is -0.412. The zero-order valence-electron chi connectivity index (χ0n) is 17.1. The molecule has 0 fully saturated rings. The van der Waals surface area contributed by atoms with Crippen LogP contribution in [0.1, 0.15) is 26.7 Å². The van der Waals surface area contributed by atoms with Crippen LogP contribution >= 0.6 is 23.1 Å². The highest BCUT2D eigenvalue weighted by Crippen LogP contribution is 2.40. The van der Waals surface area contributed by atoms with Gasteiger partial charge in [-0.25, -0.2) is 0 Å². The topological polar surface area (TPSA) is 70.7 Å². The first-order valence-corrected chi connectivity index (χ1v) is 11.9. The number of Topliss-reactive ketones (excluding diaryl/α,β-unsaturated/α-hetero) is 1. The third-order valence-corrected chi connectivity index (χ3v) is 7.33. The van der Waals surface area contributed by atoms with E-state index in [1.165, 1.54) is 28.7 Å². The van der Waals surface area contributed by atoms with E-state index in [0.717, 1.165) is 25.9 Å². The van der Waals surface area contributed by atoms with E-state index < -0.39 is 5.25 Å². The van der Waals surface area contributed by atoms with Gasteiger partial charge in [0.1, 0.15) is 5.25 Å². The van der Waals surface area contributed by atoms with E-state index >= 15 is 0 Å². The molecule has 5 rings (SSSR count). The minimum absolute atomic E-state index is 0.0487. The van der Waals surface area contributed by atoms with Crippen LogP contribution in [0.3, 0.4) is 0 Å². The Balaban J connectivity index is 1.39. The highest BCUT2D eigenvalue weighted by Gasteiger charge is 2.27. The SMILES string of the molecule is O=C(c1c[nH]c2ccccc12)C(Sc1nnc(NCc2ccccc2)s1)c1ccccc1. The van der Waals surface area contributed by atoms with Crippen LogP contribution in [0, 0.1) is 0 Å². The summed E-state index contributed by atoms with van der Waals surface area (Å²) < 4.78 is 0.752. The number of fused-ring (bicyclic) bond motifs is 1. The van der Waals surface area contributed by atoms with Crippen molar-refractivity contribution in [2.45, 2.75) is 16.1 Å². The van der Waals surface area contributed by atoms with Gasteiger partial charge in [-0.15, -0.1) is 10.2 Å². The van der Waals surface area contributed by atoms with Crippen molar-refractivity contribution in [1.29, 1.82) is 0 Å². The number of nitrogens with zero attached hydrogens (tertiary/aromatic N) is 2. The van der Waals surface area contributed by atoms with Gasteiger partial charge in [-0.1, -0.05) is 102 Å². The molecule has 1 unspecified atom stereocenters. The third kappa shape index (κ3) is 4.44. The first kappa shape index (κ1) is 20.5. The first-order valence-electron chi connectivity index (χ1n) is 10.2. The Hall–Kier alpha value is -3.42. The molecule has 0 aliphatic carbocycles. The van der Waals surface area contributed by atoms with Crippen LogP contribution in [0.15, 0.2) is 95.5 Å². The minimum Gasteiger partial charge on any atom is -0.360 e. The maximum absolute atomic E-state index is 13.6. The maximum Gasteiger partial charge on any atom is 0.206 e. The fourth-order valence-electron chi connectivity index (χ4n) is 3.52. The van der Waals surface area contributed by atoms with Gasteiger partial charge in [0, 0.05) is 29.2 Å². The number of aromatic nitrogens is 3. The predicted octanol–water partition coefficient (Wildman–Crippen LogP) is 6.35. The van der Waals surface area contributed by atoms with E-state index in [2.05, 4.69) is 32.6 Å². The van der Waals surface area contributed by atoms with Crippen LogP contribution in [0.4, 0.5) is 5.13 Å². The van der Waals surface area contributed by atoms with E-state index in [9.17, 15) is 4.79 Å². The lowest BCUT2D eigenvalue weighted by molar-refractivity contribution is 0.0991. The summed E-state index contributed by atoms with van der Waals surface area (Å²) in [5, 5.41) is 13.2. The lowest BCUT2D eigenvalue weighted by Crippen LogP contribution is -2.09. The molecule has 2 heterocycles. The van der Waals surface area contributed by atoms with Crippen molar-refractivity contribution in [3.05, 3.63) is 108 Å². The zero-order chi connectivity index (χ0) is 21.8. The number of rotatable bonds is 8. The van der Waals surface area contributed by atoms with Gasteiger partial charge in [0.05, 0.1) is 0 Å². The second kappa shape index (κ2) is 9.38. The van der Waals surface area contributed by atoms with Gasteiger partial charge in [-0.2, -0.15) is 0 Å². The smallest absolute Gasteiger partial charge is 0.206 e. The molecule has 0 spiro atoms. The summed E-state index contributed by atoms with van der Waals surface area (Å²) in [5.41, 5.74) is 3.76. The number of carbonyl (C=O) groups is 1. The molecule has 7 heteroatoms. The monoisotopic (exact) mass is 456 g/mol.